The predicted molar refractivity (Wildman–Crippen MR) is 70.9 cm³/mol. The molecule has 0 amide bonds. The lowest BCUT2D eigenvalue weighted by Gasteiger charge is -2.14. The molecule has 0 unspecified atom stereocenters. The number of carboxylic acid groups (broad SMARTS) is 1. The van der Waals surface area contributed by atoms with Crippen LogP contribution in [0.2, 0.25) is 5.02 Å². The van der Waals surface area contributed by atoms with Crippen molar-refractivity contribution >= 4 is 27.6 Å². The van der Waals surface area contributed by atoms with Gasteiger partial charge in [-0.05, 0) is 25.0 Å². The second kappa shape index (κ2) is 5.51. The van der Waals surface area contributed by atoms with Crippen molar-refractivity contribution in [2.45, 2.75) is 23.8 Å². The molecule has 0 saturated heterocycles. The third kappa shape index (κ3) is 3.00. The van der Waals surface area contributed by atoms with Gasteiger partial charge in [-0.25, -0.2) is 22.3 Å². The van der Waals surface area contributed by atoms with Gasteiger partial charge in [0, 0.05) is 11.1 Å². The van der Waals surface area contributed by atoms with Crippen molar-refractivity contribution in [2.75, 3.05) is 0 Å². The third-order valence-electron chi connectivity index (χ3n) is 2.85. The van der Waals surface area contributed by atoms with Crippen LogP contribution < -0.4 is 4.72 Å². The monoisotopic (exact) mass is 319 g/mol. The minimum absolute atomic E-state index is 0.159. The molecule has 1 aliphatic rings. The Morgan fingerprint density at radius 2 is 1.95 bits per heavy atom. The molecule has 0 heterocycles. The number of aromatic carboxylic acids is 1. The Kier molecular flexibility index (Phi) is 4.12. The molecule has 2 N–H and O–H groups in total. The molecule has 0 bridgehead atoms. The van der Waals surface area contributed by atoms with Crippen molar-refractivity contribution < 1.29 is 22.7 Å². The van der Waals surface area contributed by atoms with Crippen LogP contribution in [0.3, 0.4) is 0 Å². The third-order valence-corrected chi connectivity index (χ3v) is 4.59. The first-order valence-corrected chi connectivity index (χ1v) is 7.57. The van der Waals surface area contributed by atoms with E-state index in [4.69, 9.17) is 16.7 Å². The lowest BCUT2D eigenvalue weighted by Crippen LogP contribution is -2.33. The molecule has 0 aliphatic heterocycles. The molecule has 1 aliphatic carbocycles. The summed E-state index contributed by atoms with van der Waals surface area (Å²) >= 11 is 5.65. The number of rotatable bonds is 4. The first kappa shape index (κ1) is 15.0. The van der Waals surface area contributed by atoms with E-state index in [0.29, 0.717) is 12.8 Å². The normalized spacial score (nSPS) is 15.7. The molecule has 2 rings (SSSR count). The summed E-state index contributed by atoms with van der Waals surface area (Å²) in [5.74, 6) is -2.90. The minimum atomic E-state index is -4.17. The summed E-state index contributed by atoms with van der Waals surface area (Å²) in [4.78, 5) is 10.1. The van der Waals surface area contributed by atoms with E-state index in [0.717, 1.165) is 12.1 Å². The van der Waals surface area contributed by atoms with Crippen LogP contribution in [-0.2, 0) is 10.0 Å². The van der Waals surface area contributed by atoms with Crippen molar-refractivity contribution in [2.24, 2.45) is 0 Å². The summed E-state index contributed by atoms with van der Waals surface area (Å²) in [7, 11) is -4.17. The highest BCUT2D eigenvalue weighted by Crippen LogP contribution is 2.25. The molecule has 0 radical (unpaired) electrons. The second-order valence-electron chi connectivity index (χ2n) is 4.33. The van der Waals surface area contributed by atoms with Gasteiger partial charge in [-0.15, -0.1) is 0 Å². The molecule has 0 fully saturated rings. The quantitative estimate of drug-likeness (QED) is 0.833. The van der Waals surface area contributed by atoms with Gasteiger partial charge in [-0.2, -0.15) is 0 Å². The number of benzene rings is 1. The van der Waals surface area contributed by atoms with Crippen LogP contribution in [0.1, 0.15) is 23.2 Å². The fourth-order valence-electron chi connectivity index (χ4n) is 1.91. The Labute approximate surface area is 120 Å². The average molecular weight is 320 g/mol. The lowest BCUT2D eigenvalue weighted by atomic mass is 10.2. The van der Waals surface area contributed by atoms with Crippen molar-refractivity contribution in [3.63, 3.8) is 0 Å². The van der Waals surface area contributed by atoms with E-state index in [1.807, 2.05) is 12.2 Å². The zero-order valence-electron chi connectivity index (χ0n) is 10.1. The van der Waals surface area contributed by atoms with Crippen molar-refractivity contribution in [1.82, 2.24) is 4.72 Å². The Morgan fingerprint density at radius 1 is 1.35 bits per heavy atom. The number of carbonyl (C=O) groups is 1. The molecule has 0 spiro atoms. The highest BCUT2D eigenvalue weighted by Gasteiger charge is 2.27. The number of carboxylic acids is 1. The predicted octanol–water partition coefficient (Wildman–Crippen LogP) is 2.17. The molecule has 1 aromatic carbocycles. The first-order chi connectivity index (χ1) is 9.31. The molecule has 20 heavy (non-hydrogen) atoms. The maximum absolute atomic E-state index is 14.0. The minimum Gasteiger partial charge on any atom is -0.478 e. The van der Waals surface area contributed by atoms with E-state index in [1.165, 1.54) is 0 Å². The maximum atomic E-state index is 14.0. The van der Waals surface area contributed by atoms with Crippen LogP contribution in [-0.4, -0.2) is 25.5 Å². The lowest BCUT2D eigenvalue weighted by molar-refractivity contribution is 0.0691. The van der Waals surface area contributed by atoms with Crippen LogP contribution in [0.25, 0.3) is 0 Å². The summed E-state index contributed by atoms with van der Waals surface area (Å²) in [6.07, 6.45) is 4.63. The number of hydrogen-bond acceptors (Lipinski definition) is 3. The molecular weight excluding hydrogens is 309 g/mol. The van der Waals surface area contributed by atoms with Crippen LogP contribution >= 0.6 is 11.6 Å². The van der Waals surface area contributed by atoms with E-state index in [-0.39, 0.29) is 11.1 Å². The number of nitrogens with one attached hydrogen (secondary N) is 1. The molecule has 8 heteroatoms. The van der Waals surface area contributed by atoms with E-state index in [9.17, 15) is 17.6 Å². The standard InChI is InChI=1S/C12H11ClFNO4S/c13-7-5-9(12(16)17)11(14)10(6-7)20(18,19)15-8-3-1-2-4-8/h1-2,5-6,8,15H,3-4H2,(H,16,17). The maximum Gasteiger partial charge on any atom is 0.338 e. The van der Waals surface area contributed by atoms with E-state index >= 15 is 0 Å². The largest absolute Gasteiger partial charge is 0.478 e. The number of halogens is 2. The van der Waals surface area contributed by atoms with Gasteiger partial charge in [-0.3, -0.25) is 0 Å². The zero-order valence-corrected chi connectivity index (χ0v) is 11.7. The van der Waals surface area contributed by atoms with Crippen LogP contribution in [0.15, 0.2) is 29.2 Å². The van der Waals surface area contributed by atoms with Gasteiger partial charge < -0.3 is 5.11 Å². The topological polar surface area (TPSA) is 83.5 Å². The van der Waals surface area contributed by atoms with Crippen molar-refractivity contribution in [3.8, 4) is 0 Å². The van der Waals surface area contributed by atoms with Crippen LogP contribution in [0.5, 0.6) is 0 Å². The number of sulfonamides is 1. The summed E-state index contributed by atoms with van der Waals surface area (Å²) in [5, 5.41) is 8.68. The molecule has 1 aromatic rings. The van der Waals surface area contributed by atoms with Crippen molar-refractivity contribution in [1.29, 1.82) is 0 Å². The molecule has 0 atom stereocenters. The molecule has 5 nitrogen and oxygen atoms in total. The van der Waals surface area contributed by atoms with Crippen LogP contribution in [0, 0.1) is 5.82 Å². The highest BCUT2D eigenvalue weighted by molar-refractivity contribution is 7.89. The molecular formula is C12H11ClFNO4S. The zero-order chi connectivity index (χ0) is 14.9. The summed E-state index contributed by atoms with van der Waals surface area (Å²) in [5.41, 5.74) is -0.776. The Morgan fingerprint density at radius 3 is 2.50 bits per heavy atom. The summed E-state index contributed by atoms with van der Waals surface area (Å²) in [6.45, 7) is 0. The van der Waals surface area contributed by atoms with Gasteiger partial charge >= 0.3 is 5.97 Å². The van der Waals surface area contributed by atoms with E-state index in [1.54, 1.807) is 0 Å². The van der Waals surface area contributed by atoms with Crippen LogP contribution in [0.4, 0.5) is 4.39 Å². The van der Waals surface area contributed by atoms with Gasteiger partial charge in [0.1, 0.15) is 4.90 Å². The highest BCUT2D eigenvalue weighted by atomic mass is 35.5. The Hall–Kier alpha value is -1.44. The summed E-state index contributed by atoms with van der Waals surface area (Å²) < 4.78 is 40.5. The first-order valence-electron chi connectivity index (χ1n) is 5.71. The van der Waals surface area contributed by atoms with E-state index in [2.05, 4.69) is 4.72 Å². The molecule has 0 aromatic heterocycles. The average Bonchev–Trinajstić information content (AvgIpc) is 2.83. The number of hydrogen-bond donors (Lipinski definition) is 2. The second-order valence-corrected chi connectivity index (χ2v) is 6.45. The smallest absolute Gasteiger partial charge is 0.338 e. The molecule has 0 saturated carbocycles. The molecule has 108 valence electrons. The van der Waals surface area contributed by atoms with E-state index < -0.39 is 32.3 Å². The van der Waals surface area contributed by atoms with Crippen molar-refractivity contribution in [3.05, 3.63) is 40.7 Å². The van der Waals surface area contributed by atoms with Gasteiger partial charge in [-0.1, -0.05) is 23.8 Å². The van der Waals surface area contributed by atoms with Gasteiger partial charge in [0.05, 0.1) is 5.56 Å². The fourth-order valence-corrected chi connectivity index (χ4v) is 3.58. The van der Waals surface area contributed by atoms with Gasteiger partial charge in [0.2, 0.25) is 10.0 Å². The van der Waals surface area contributed by atoms with Gasteiger partial charge in [0.15, 0.2) is 5.82 Å². The Balaban J connectivity index is 2.43. The SMILES string of the molecule is O=C(O)c1cc(Cl)cc(S(=O)(=O)NC2CC=CC2)c1F. The fraction of sp³-hybridized carbons (Fsp3) is 0.250. The van der Waals surface area contributed by atoms with Gasteiger partial charge in [0.25, 0.3) is 0 Å². The Bertz CT molecular complexity index is 679. The summed E-state index contributed by atoms with van der Waals surface area (Å²) in [6, 6.07) is 1.41.